The van der Waals surface area contributed by atoms with E-state index in [1.54, 1.807) is 0 Å². The van der Waals surface area contributed by atoms with Gasteiger partial charge in [-0.25, -0.2) is 0 Å². The van der Waals surface area contributed by atoms with Crippen LogP contribution in [-0.2, 0) is 0 Å². The molecular formula is C22H22BrNO2. The maximum Gasteiger partial charge on any atom is 0.231 e. The molecule has 0 radical (unpaired) electrons. The van der Waals surface area contributed by atoms with Gasteiger partial charge in [0.15, 0.2) is 11.5 Å². The van der Waals surface area contributed by atoms with E-state index in [2.05, 4.69) is 71.5 Å². The van der Waals surface area contributed by atoms with E-state index in [-0.39, 0.29) is 6.04 Å². The van der Waals surface area contributed by atoms with Crippen LogP contribution in [0.2, 0.25) is 0 Å². The zero-order chi connectivity index (χ0) is 17.8. The van der Waals surface area contributed by atoms with Crippen molar-refractivity contribution in [3.63, 3.8) is 0 Å². The second-order valence-corrected chi connectivity index (χ2v) is 8.56. The zero-order valence-electron chi connectivity index (χ0n) is 15.0. The molecule has 0 fully saturated rings. The lowest BCUT2D eigenvalue weighted by atomic mass is 9.76. The van der Waals surface area contributed by atoms with E-state index in [9.17, 15) is 0 Å². The average molecular weight is 412 g/mol. The Morgan fingerprint density at radius 1 is 1.08 bits per heavy atom. The molecule has 0 saturated carbocycles. The van der Waals surface area contributed by atoms with E-state index in [4.69, 9.17) is 9.47 Å². The van der Waals surface area contributed by atoms with E-state index in [0.717, 1.165) is 22.4 Å². The number of hydrogen-bond acceptors (Lipinski definition) is 3. The largest absolute Gasteiger partial charge is 0.454 e. The van der Waals surface area contributed by atoms with Gasteiger partial charge in [-0.2, -0.15) is 0 Å². The highest BCUT2D eigenvalue weighted by atomic mass is 79.9. The summed E-state index contributed by atoms with van der Waals surface area (Å²) >= 11 is 3.76. The monoisotopic (exact) mass is 411 g/mol. The van der Waals surface area contributed by atoms with Crippen molar-refractivity contribution in [1.29, 1.82) is 0 Å². The molecule has 3 aliphatic rings. The molecule has 2 aromatic carbocycles. The molecule has 2 aromatic rings. The van der Waals surface area contributed by atoms with E-state index in [0.29, 0.717) is 24.5 Å². The predicted molar refractivity (Wildman–Crippen MR) is 107 cm³/mol. The molecule has 1 aliphatic carbocycles. The van der Waals surface area contributed by atoms with Gasteiger partial charge >= 0.3 is 0 Å². The normalized spacial score (nSPS) is 25.2. The van der Waals surface area contributed by atoms with Gasteiger partial charge in [0.1, 0.15) is 0 Å². The minimum atomic E-state index is 0.247. The van der Waals surface area contributed by atoms with Crippen molar-refractivity contribution in [2.45, 2.75) is 38.1 Å². The van der Waals surface area contributed by atoms with Gasteiger partial charge in [0.05, 0.1) is 6.04 Å². The fraction of sp³-hybridized carbons (Fsp3) is 0.364. The number of anilines is 1. The summed E-state index contributed by atoms with van der Waals surface area (Å²) in [5.74, 6) is 3.19. The standard InChI is InChI=1S/C22H22BrNO2/c1-12(2)13-6-7-19-16(8-13)14-4-3-5-15(14)22(24-19)17-9-20-21(10-18(17)23)26-11-25-20/h3-4,6-10,12,14-15,22,24H,5,11H2,1-2H3/t14-,15+,22-/m1/s1. The van der Waals surface area contributed by atoms with Crippen LogP contribution in [-0.4, -0.2) is 6.79 Å². The third-order valence-corrected chi connectivity index (χ3v) is 6.57. The van der Waals surface area contributed by atoms with Gasteiger partial charge in [-0.05, 0) is 53.1 Å². The molecule has 2 aliphatic heterocycles. The molecule has 0 saturated heterocycles. The van der Waals surface area contributed by atoms with Crippen molar-refractivity contribution in [3.05, 3.63) is 63.6 Å². The molecule has 0 aromatic heterocycles. The van der Waals surface area contributed by atoms with Gasteiger partial charge < -0.3 is 14.8 Å². The highest BCUT2D eigenvalue weighted by Crippen LogP contribution is 2.52. The number of fused-ring (bicyclic) bond motifs is 4. The minimum absolute atomic E-state index is 0.247. The van der Waals surface area contributed by atoms with Crippen LogP contribution in [0.15, 0.2) is 47.0 Å². The average Bonchev–Trinajstić information content (AvgIpc) is 3.29. The lowest BCUT2D eigenvalue weighted by molar-refractivity contribution is 0.174. The maximum absolute atomic E-state index is 5.62. The summed E-state index contributed by atoms with van der Waals surface area (Å²) in [5.41, 5.74) is 5.33. The summed E-state index contributed by atoms with van der Waals surface area (Å²) in [4.78, 5) is 0. The Morgan fingerprint density at radius 3 is 2.69 bits per heavy atom. The first-order chi connectivity index (χ1) is 12.6. The Balaban J connectivity index is 1.58. The fourth-order valence-corrected chi connectivity index (χ4v) is 5.02. The molecular weight excluding hydrogens is 390 g/mol. The molecule has 0 spiro atoms. The Hall–Kier alpha value is -1.94. The van der Waals surface area contributed by atoms with Crippen LogP contribution < -0.4 is 14.8 Å². The van der Waals surface area contributed by atoms with Crippen LogP contribution in [0.5, 0.6) is 11.5 Å². The molecule has 4 heteroatoms. The molecule has 5 rings (SSSR count). The first-order valence-corrected chi connectivity index (χ1v) is 10.1. The molecule has 0 unspecified atom stereocenters. The fourth-order valence-electron chi connectivity index (χ4n) is 4.45. The Morgan fingerprint density at radius 2 is 1.88 bits per heavy atom. The number of benzene rings is 2. The summed E-state index contributed by atoms with van der Waals surface area (Å²) in [6.45, 7) is 4.82. The van der Waals surface area contributed by atoms with Gasteiger partial charge in [-0.1, -0.05) is 54.1 Å². The van der Waals surface area contributed by atoms with Crippen LogP contribution in [0, 0.1) is 5.92 Å². The van der Waals surface area contributed by atoms with Crippen LogP contribution in [0.4, 0.5) is 5.69 Å². The van der Waals surface area contributed by atoms with Crippen molar-refractivity contribution in [2.75, 3.05) is 12.1 Å². The second-order valence-electron chi connectivity index (χ2n) is 7.70. The number of rotatable bonds is 2. The molecule has 3 atom stereocenters. The van der Waals surface area contributed by atoms with Gasteiger partial charge in [0, 0.05) is 16.1 Å². The Labute approximate surface area is 162 Å². The lowest BCUT2D eigenvalue weighted by Crippen LogP contribution is -2.29. The third kappa shape index (κ3) is 2.46. The van der Waals surface area contributed by atoms with Crippen LogP contribution in [0.3, 0.4) is 0 Å². The molecule has 26 heavy (non-hydrogen) atoms. The van der Waals surface area contributed by atoms with Crippen molar-refractivity contribution in [1.82, 2.24) is 0 Å². The second kappa shape index (κ2) is 6.05. The summed E-state index contributed by atoms with van der Waals surface area (Å²) in [6, 6.07) is 11.3. The third-order valence-electron chi connectivity index (χ3n) is 5.88. The highest BCUT2D eigenvalue weighted by molar-refractivity contribution is 9.10. The molecule has 0 amide bonds. The topological polar surface area (TPSA) is 30.5 Å². The van der Waals surface area contributed by atoms with E-state index in [1.165, 1.54) is 22.4 Å². The lowest BCUT2D eigenvalue weighted by Gasteiger charge is -2.38. The number of nitrogens with one attached hydrogen (secondary N) is 1. The van der Waals surface area contributed by atoms with Gasteiger partial charge in [-0.15, -0.1) is 0 Å². The molecule has 3 nitrogen and oxygen atoms in total. The van der Waals surface area contributed by atoms with Crippen LogP contribution in [0.25, 0.3) is 0 Å². The van der Waals surface area contributed by atoms with Crippen molar-refractivity contribution in [3.8, 4) is 11.5 Å². The predicted octanol–water partition coefficient (Wildman–Crippen LogP) is 6.13. The number of ether oxygens (including phenoxy) is 2. The summed E-state index contributed by atoms with van der Waals surface area (Å²) in [5, 5.41) is 3.82. The number of halogens is 1. The van der Waals surface area contributed by atoms with E-state index in [1.807, 2.05) is 6.07 Å². The first-order valence-electron chi connectivity index (χ1n) is 9.28. The van der Waals surface area contributed by atoms with Crippen molar-refractivity contribution in [2.24, 2.45) is 5.92 Å². The summed E-state index contributed by atoms with van der Waals surface area (Å²) in [6.07, 6.45) is 5.82. The summed E-state index contributed by atoms with van der Waals surface area (Å²) < 4.78 is 12.2. The number of allylic oxidation sites excluding steroid dienone is 2. The smallest absolute Gasteiger partial charge is 0.231 e. The van der Waals surface area contributed by atoms with Crippen LogP contribution >= 0.6 is 15.9 Å². The molecule has 0 bridgehead atoms. The van der Waals surface area contributed by atoms with Crippen molar-refractivity contribution < 1.29 is 9.47 Å². The first kappa shape index (κ1) is 16.2. The van der Waals surface area contributed by atoms with Crippen molar-refractivity contribution >= 4 is 21.6 Å². The molecule has 2 heterocycles. The van der Waals surface area contributed by atoms with Crippen LogP contribution in [0.1, 0.15) is 54.8 Å². The van der Waals surface area contributed by atoms with Gasteiger partial charge in [-0.3, -0.25) is 0 Å². The Bertz CT molecular complexity index is 905. The highest BCUT2D eigenvalue weighted by Gasteiger charge is 2.39. The summed E-state index contributed by atoms with van der Waals surface area (Å²) in [7, 11) is 0. The molecule has 134 valence electrons. The minimum Gasteiger partial charge on any atom is -0.454 e. The SMILES string of the molecule is CC(C)c1ccc2c(c1)[C@@H]1C=CC[C@@H]1[C@H](c1cc3c(cc1Br)OCO3)N2. The van der Waals surface area contributed by atoms with Gasteiger partial charge in [0.25, 0.3) is 0 Å². The maximum atomic E-state index is 5.62. The zero-order valence-corrected chi connectivity index (χ0v) is 16.5. The van der Waals surface area contributed by atoms with Gasteiger partial charge in [0.2, 0.25) is 6.79 Å². The number of hydrogen-bond donors (Lipinski definition) is 1. The quantitative estimate of drug-likeness (QED) is 0.602. The van der Waals surface area contributed by atoms with E-state index < -0.39 is 0 Å². The van der Waals surface area contributed by atoms with E-state index >= 15 is 0 Å². The molecule has 1 N–H and O–H groups in total. The Kier molecular flexibility index (Phi) is 3.78.